The number of rotatable bonds is 6. The molecule has 0 unspecified atom stereocenters. The molecule has 2 amide bonds. The van der Waals surface area contributed by atoms with Crippen LogP contribution in [-0.2, 0) is 11.2 Å². The summed E-state index contributed by atoms with van der Waals surface area (Å²) >= 11 is 0. The Morgan fingerprint density at radius 1 is 1.00 bits per heavy atom. The van der Waals surface area contributed by atoms with Crippen LogP contribution in [0.25, 0.3) is 10.8 Å². The Balaban J connectivity index is 1.88. The third kappa shape index (κ3) is 3.92. The molecule has 0 aromatic heterocycles. The monoisotopic (exact) mass is 363 g/mol. The number of hydrogen-bond donors (Lipinski definition) is 2. The lowest BCUT2D eigenvalue weighted by atomic mass is 10.0. The highest BCUT2D eigenvalue weighted by molar-refractivity contribution is 6.08. The highest BCUT2D eigenvalue weighted by atomic mass is 16.6. The van der Waals surface area contributed by atoms with Gasteiger partial charge in [-0.25, -0.2) is 0 Å². The second kappa shape index (κ2) is 7.65. The minimum atomic E-state index is -1.07. The van der Waals surface area contributed by atoms with E-state index < -0.39 is 22.8 Å². The van der Waals surface area contributed by atoms with E-state index in [9.17, 15) is 19.7 Å². The predicted octanol–water partition coefficient (Wildman–Crippen LogP) is 2.57. The molecule has 27 heavy (non-hydrogen) atoms. The molecule has 136 valence electrons. The zero-order valence-electron chi connectivity index (χ0n) is 14.3. The number of hydrogen-bond acceptors (Lipinski definition) is 4. The first kappa shape index (κ1) is 18.1. The fourth-order valence-electron chi connectivity index (χ4n) is 2.96. The van der Waals surface area contributed by atoms with Crippen LogP contribution in [0.5, 0.6) is 0 Å². The molecule has 3 aromatic rings. The van der Waals surface area contributed by atoms with Crippen molar-refractivity contribution in [1.29, 1.82) is 0 Å². The number of nitro benzene ring substituents is 1. The number of nitro groups is 1. The van der Waals surface area contributed by atoms with Crippen molar-refractivity contribution in [2.24, 2.45) is 5.73 Å². The second-order valence-electron chi connectivity index (χ2n) is 6.05. The van der Waals surface area contributed by atoms with E-state index in [4.69, 9.17) is 5.73 Å². The molecule has 7 heteroatoms. The van der Waals surface area contributed by atoms with Crippen LogP contribution in [0.15, 0.2) is 66.7 Å². The van der Waals surface area contributed by atoms with Crippen molar-refractivity contribution in [1.82, 2.24) is 5.32 Å². The highest BCUT2D eigenvalue weighted by Crippen LogP contribution is 2.21. The van der Waals surface area contributed by atoms with E-state index in [1.807, 2.05) is 30.3 Å². The van der Waals surface area contributed by atoms with Crippen molar-refractivity contribution in [2.75, 3.05) is 0 Å². The van der Waals surface area contributed by atoms with Crippen LogP contribution < -0.4 is 11.1 Å². The second-order valence-corrected chi connectivity index (χ2v) is 6.05. The summed E-state index contributed by atoms with van der Waals surface area (Å²) in [6.07, 6.45) is -0.0665. The van der Waals surface area contributed by atoms with Crippen molar-refractivity contribution in [3.63, 3.8) is 0 Å². The van der Waals surface area contributed by atoms with Crippen LogP contribution in [-0.4, -0.2) is 22.8 Å². The van der Waals surface area contributed by atoms with E-state index in [-0.39, 0.29) is 12.1 Å². The topological polar surface area (TPSA) is 115 Å². The Kier molecular flexibility index (Phi) is 5.12. The molecular formula is C20H17N3O4. The average molecular weight is 363 g/mol. The molecule has 0 aliphatic heterocycles. The van der Waals surface area contributed by atoms with E-state index in [0.717, 1.165) is 10.8 Å². The van der Waals surface area contributed by atoms with Gasteiger partial charge in [0.2, 0.25) is 5.91 Å². The van der Waals surface area contributed by atoms with E-state index in [0.29, 0.717) is 11.1 Å². The Morgan fingerprint density at radius 3 is 2.41 bits per heavy atom. The van der Waals surface area contributed by atoms with Gasteiger partial charge in [-0.1, -0.05) is 54.6 Å². The molecule has 0 bridgehead atoms. The molecule has 0 saturated carbocycles. The maximum absolute atomic E-state index is 12.7. The van der Waals surface area contributed by atoms with E-state index in [1.54, 1.807) is 18.2 Å². The molecular weight excluding hydrogens is 346 g/mol. The third-order valence-electron chi connectivity index (χ3n) is 4.30. The number of fused-ring (bicyclic) bond motifs is 1. The first-order valence-electron chi connectivity index (χ1n) is 8.27. The van der Waals surface area contributed by atoms with Crippen molar-refractivity contribution in [3.05, 3.63) is 88.0 Å². The Labute approximate surface area is 154 Å². The van der Waals surface area contributed by atoms with E-state index in [2.05, 4.69) is 5.32 Å². The normalized spacial score (nSPS) is 11.7. The lowest BCUT2D eigenvalue weighted by Gasteiger charge is -2.16. The van der Waals surface area contributed by atoms with Crippen molar-refractivity contribution >= 4 is 28.3 Å². The molecule has 3 aromatic carbocycles. The van der Waals surface area contributed by atoms with Crippen molar-refractivity contribution in [2.45, 2.75) is 12.5 Å². The summed E-state index contributed by atoms with van der Waals surface area (Å²) in [6.45, 7) is 0. The summed E-state index contributed by atoms with van der Waals surface area (Å²) in [5, 5.41) is 15.4. The van der Waals surface area contributed by atoms with Crippen molar-refractivity contribution in [3.8, 4) is 0 Å². The SMILES string of the molecule is NC(=O)[C@@H](Cc1ccccc1[N+](=O)[O-])NC(=O)c1cccc2ccccc12. The molecule has 3 N–H and O–H groups in total. The van der Waals surface area contributed by atoms with Gasteiger partial charge in [0.15, 0.2) is 0 Å². The number of carbonyl (C=O) groups excluding carboxylic acids is 2. The molecule has 0 aliphatic carbocycles. The van der Waals surface area contributed by atoms with Crippen LogP contribution in [0.3, 0.4) is 0 Å². The summed E-state index contributed by atoms with van der Waals surface area (Å²) < 4.78 is 0. The summed E-state index contributed by atoms with van der Waals surface area (Å²) in [5.41, 5.74) is 6.03. The number of amides is 2. The fraction of sp³-hybridized carbons (Fsp3) is 0.100. The zero-order chi connectivity index (χ0) is 19.4. The minimum Gasteiger partial charge on any atom is -0.368 e. The maximum Gasteiger partial charge on any atom is 0.272 e. The standard InChI is InChI=1S/C20H17N3O4/c21-19(24)17(12-14-7-2-4-11-18(14)23(26)27)22-20(25)16-10-5-8-13-6-1-3-9-15(13)16/h1-11,17H,12H2,(H2,21,24)(H,22,25)/t17-/m1/s1. The minimum absolute atomic E-state index is 0.0665. The van der Waals surface area contributed by atoms with Crippen LogP contribution in [0.1, 0.15) is 15.9 Å². The molecule has 0 saturated heterocycles. The lowest BCUT2D eigenvalue weighted by molar-refractivity contribution is -0.385. The number of carbonyl (C=O) groups is 2. The number of nitrogens with zero attached hydrogens (tertiary/aromatic N) is 1. The first-order chi connectivity index (χ1) is 13.0. The number of benzene rings is 3. The van der Waals surface area contributed by atoms with Gasteiger partial charge < -0.3 is 11.1 Å². The molecule has 3 rings (SSSR count). The third-order valence-corrected chi connectivity index (χ3v) is 4.30. The predicted molar refractivity (Wildman–Crippen MR) is 101 cm³/mol. The number of nitrogens with one attached hydrogen (secondary N) is 1. The largest absolute Gasteiger partial charge is 0.368 e. The Bertz CT molecular complexity index is 1030. The highest BCUT2D eigenvalue weighted by Gasteiger charge is 2.24. The number of primary amides is 1. The fourth-order valence-corrected chi connectivity index (χ4v) is 2.96. The average Bonchev–Trinajstić information content (AvgIpc) is 2.67. The number of para-hydroxylation sites is 1. The van der Waals surface area contributed by atoms with E-state index >= 15 is 0 Å². The molecule has 0 fully saturated rings. The summed E-state index contributed by atoms with van der Waals surface area (Å²) in [7, 11) is 0. The summed E-state index contributed by atoms with van der Waals surface area (Å²) in [5.74, 6) is -1.23. The first-order valence-corrected chi connectivity index (χ1v) is 8.27. The quantitative estimate of drug-likeness (QED) is 0.517. The molecule has 0 radical (unpaired) electrons. The van der Waals surface area contributed by atoms with Gasteiger partial charge in [-0.2, -0.15) is 0 Å². The Morgan fingerprint density at radius 2 is 1.67 bits per heavy atom. The van der Waals surface area contributed by atoms with Gasteiger partial charge in [0.05, 0.1) is 4.92 Å². The van der Waals surface area contributed by atoms with Gasteiger partial charge in [0, 0.05) is 23.6 Å². The van der Waals surface area contributed by atoms with Gasteiger partial charge in [-0.3, -0.25) is 19.7 Å². The molecule has 7 nitrogen and oxygen atoms in total. The Hall–Kier alpha value is -3.74. The molecule has 0 spiro atoms. The van der Waals surface area contributed by atoms with Crippen LogP contribution in [0.2, 0.25) is 0 Å². The van der Waals surface area contributed by atoms with Gasteiger partial charge in [-0.05, 0) is 16.8 Å². The van der Waals surface area contributed by atoms with Crippen LogP contribution in [0.4, 0.5) is 5.69 Å². The summed E-state index contributed by atoms with van der Waals surface area (Å²) in [6, 6.07) is 17.6. The maximum atomic E-state index is 12.7. The zero-order valence-corrected chi connectivity index (χ0v) is 14.3. The lowest BCUT2D eigenvalue weighted by Crippen LogP contribution is -2.46. The van der Waals surface area contributed by atoms with Crippen LogP contribution in [0, 0.1) is 10.1 Å². The molecule has 0 heterocycles. The number of nitrogens with two attached hydrogens (primary N) is 1. The van der Waals surface area contributed by atoms with Gasteiger partial charge in [0.1, 0.15) is 6.04 Å². The van der Waals surface area contributed by atoms with Crippen molar-refractivity contribution < 1.29 is 14.5 Å². The van der Waals surface area contributed by atoms with Gasteiger partial charge in [-0.15, -0.1) is 0 Å². The van der Waals surface area contributed by atoms with Gasteiger partial charge in [0.25, 0.3) is 11.6 Å². The van der Waals surface area contributed by atoms with E-state index in [1.165, 1.54) is 18.2 Å². The smallest absolute Gasteiger partial charge is 0.272 e. The summed E-state index contributed by atoms with van der Waals surface area (Å²) in [4.78, 5) is 35.2. The molecule has 0 aliphatic rings. The van der Waals surface area contributed by atoms with Crippen LogP contribution >= 0.6 is 0 Å². The van der Waals surface area contributed by atoms with Gasteiger partial charge >= 0.3 is 0 Å². The molecule has 1 atom stereocenters.